The van der Waals surface area contributed by atoms with E-state index >= 15 is 0 Å². The van der Waals surface area contributed by atoms with Crippen LogP contribution in [0, 0.1) is 13.8 Å². The maximum Gasteiger partial charge on any atom is 0.0465 e. The van der Waals surface area contributed by atoms with Crippen molar-refractivity contribution in [2.75, 3.05) is 4.90 Å². The van der Waals surface area contributed by atoms with Crippen molar-refractivity contribution >= 4 is 29.2 Å². The Morgan fingerprint density at radius 2 is 0.981 bits per heavy atom. The Bertz CT molecular complexity index is 2320. The van der Waals surface area contributed by atoms with Crippen molar-refractivity contribution in [1.29, 1.82) is 0 Å². The van der Waals surface area contributed by atoms with Crippen molar-refractivity contribution in [3.63, 3.8) is 0 Å². The van der Waals surface area contributed by atoms with Gasteiger partial charge in [0, 0.05) is 22.5 Å². The van der Waals surface area contributed by atoms with Crippen LogP contribution in [0.3, 0.4) is 0 Å². The molecule has 0 saturated carbocycles. The summed E-state index contributed by atoms with van der Waals surface area (Å²) in [6.07, 6.45) is 6.62. The van der Waals surface area contributed by atoms with Gasteiger partial charge < -0.3 is 4.90 Å². The first-order valence-corrected chi connectivity index (χ1v) is 18.6. The van der Waals surface area contributed by atoms with Crippen LogP contribution in [0.25, 0.3) is 45.5 Å². The second-order valence-corrected chi connectivity index (χ2v) is 14.1. The quantitative estimate of drug-likeness (QED) is 0.138. The molecule has 0 aromatic heterocycles. The summed E-state index contributed by atoms with van der Waals surface area (Å²) in [6.45, 7) is 9.15. The van der Waals surface area contributed by atoms with E-state index in [0.717, 1.165) is 24.2 Å². The largest absolute Gasteiger partial charge is 0.310 e. The third kappa shape index (κ3) is 5.87. The molecule has 1 aliphatic carbocycles. The molecule has 8 rings (SSSR count). The molecule has 0 N–H and O–H groups in total. The highest BCUT2D eigenvalue weighted by Gasteiger charge is 2.41. The van der Waals surface area contributed by atoms with Crippen LogP contribution >= 0.6 is 0 Å². The zero-order valence-corrected chi connectivity index (χ0v) is 30.6. The van der Waals surface area contributed by atoms with Gasteiger partial charge in [0.05, 0.1) is 0 Å². The molecule has 0 saturated heterocycles. The fourth-order valence-electron chi connectivity index (χ4n) is 8.36. The minimum atomic E-state index is -0.0483. The number of hydrogen-bond donors (Lipinski definition) is 0. The number of benzene rings is 7. The topological polar surface area (TPSA) is 3.24 Å². The van der Waals surface area contributed by atoms with Crippen LogP contribution in [0.15, 0.2) is 164 Å². The lowest BCUT2D eigenvalue weighted by Gasteiger charge is -2.32. The van der Waals surface area contributed by atoms with Crippen molar-refractivity contribution in [3.8, 4) is 33.4 Å². The molecule has 0 atom stereocenters. The molecular weight excluding hydrogens is 627 g/mol. The van der Waals surface area contributed by atoms with Gasteiger partial charge in [-0.05, 0) is 130 Å². The zero-order chi connectivity index (χ0) is 35.7. The molecule has 0 aliphatic heterocycles. The van der Waals surface area contributed by atoms with E-state index in [0.29, 0.717) is 0 Å². The van der Waals surface area contributed by atoms with Gasteiger partial charge in [0.15, 0.2) is 0 Å². The highest BCUT2D eigenvalue weighted by Crippen LogP contribution is 2.54. The zero-order valence-electron chi connectivity index (χ0n) is 30.6. The van der Waals surface area contributed by atoms with Crippen molar-refractivity contribution < 1.29 is 0 Å². The van der Waals surface area contributed by atoms with Gasteiger partial charge >= 0.3 is 0 Å². The summed E-state index contributed by atoms with van der Waals surface area (Å²) in [5, 5.41) is 0. The molecule has 1 nitrogen and oxygen atoms in total. The van der Waals surface area contributed by atoms with Crippen LogP contribution in [0.5, 0.6) is 0 Å². The third-order valence-corrected chi connectivity index (χ3v) is 11.4. The van der Waals surface area contributed by atoms with Crippen molar-refractivity contribution in [2.45, 2.75) is 46.0 Å². The van der Waals surface area contributed by atoms with Gasteiger partial charge in [-0.3, -0.25) is 0 Å². The van der Waals surface area contributed by atoms with Crippen LogP contribution < -0.4 is 4.90 Å². The Morgan fingerprint density at radius 1 is 0.462 bits per heavy atom. The Morgan fingerprint density at radius 3 is 1.60 bits per heavy atom. The summed E-state index contributed by atoms with van der Waals surface area (Å²) in [6, 6.07) is 59.9. The van der Waals surface area contributed by atoms with E-state index in [2.05, 4.69) is 209 Å². The lowest BCUT2D eigenvalue weighted by Crippen LogP contribution is -2.23. The number of fused-ring (bicyclic) bond motifs is 3. The van der Waals surface area contributed by atoms with Gasteiger partial charge in [0.1, 0.15) is 0 Å². The van der Waals surface area contributed by atoms with E-state index in [1.165, 1.54) is 72.4 Å². The summed E-state index contributed by atoms with van der Waals surface area (Å²) >= 11 is 0. The second-order valence-electron chi connectivity index (χ2n) is 14.1. The van der Waals surface area contributed by atoms with Crippen LogP contribution in [0.1, 0.15) is 60.1 Å². The van der Waals surface area contributed by atoms with E-state index in [1.807, 2.05) is 0 Å². The molecule has 0 bridgehead atoms. The van der Waals surface area contributed by atoms with Crippen LogP contribution in [0.4, 0.5) is 17.1 Å². The first kappa shape index (κ1) is 33.2. The van der Waals surface area contributed by atoms with Gasteiger partial charge in [-0.2, -0.15) is 0 Å². The predicted octanol–water partition coefficient (Wildman–Crippen LogP) is 14.4. The van der Waals surface area contributed by atoms with E-state index in [9.17, 15) is 0 Å². The van der Waals surface area contributed by atoms with Gasteiger partial charge in [0.2, 0.25) is 0 Å². The fraction of sp³-hybridized carbons (Fsp3) is 0.137. The van der Waals surface area contributed by atoms with Gasteiger partial charge in [0.25, 0.3) is 0 Å². The number of para-hydroxylation sites is 2. The molecule has 254 valence electrons. The van der Waals surface area contributed by atoms with Gasteiger partial charge in [-0.25, -0.2) is 0 Å². The lowest BCUT2D eigenvalue weighted by atomic mass is 9.73. The summed E-state index contributed by atoms with van der Waals surface area (Å²) < 4.78 is 0. The number of rotatable bonds is 9. The average molecular weight is 672 g/mol. The van der Waals surface area contributed by atoms with Crippen LogP contribution in [-0.2, 0) is 5.41 Å². The lowest BCUT2D eigenvalue weighted by molar-refractivity contribution is 0.490. The standard InChI is InChI=1S/C51H45N/c1-5-51(6-2)48-34-39(24-23-38-25-28-41(29-26-38)50-37(4)36(3)22-31-45(50)40-16-10-7-11-17-40)27-32-46(48)47-33-30-44(35-49(47)51)52(42-18-12-8-13-19-42)43-20-14-9-15-21-43/h7-35H,5-6H2,1-4H3/b24-23+. The molecule has 7 aromatic carbocycles. The van der Waals surface area contributed by atoms with Crippen LogP contribution in [0.2, 0.25) is 0 Å². The molecular formula is C51H45N. The Hall–Kier alpha value is -5.92. The molecule has 0 fully saturated rings. The van der Waals surface area contributed by atoms with E-state index in [4.69, 9.17) is 0 Å². The highest BCUT2D eigenvalue weighted by atomic mass is 15.1. The summed E-state index contributed by atoms with van der Waals surface area (Å²) in [4.78, 5) is 2.38. The molecule has 52 heavy (non-hydrogen) atoms. The minimum absolute atomic E-state index is 0.0483. The number of anilines is 3. The molecule has 0 unspecified atom stereocenters. The Labute approximate surface area is 309 Å². The Kier molecular flexibility index (Phi) is 8.95. The SMILES string of the molecule is CCC1(CC)c2cc(/C=C/c3ccc(-c4c(-c5ccccc5)ccc(C)c4C)cc3)ccc2-c2ccc(N(c3ccccc3)c3ccccc3)cc21. The molecule has 0 spiro atoms. The summed E-state index contributed by atoms with van der Waals surface area (Å²) in [5.41, 5.74) is 19.2. The Balaban J connectivity index is 1.12. The number of hydrogen-bond acceptors (Lipinski definition) is 1. The molecule has 7 aromatic rings. The fourth-order valence-corrected chi connectivity index (χ4v) is 8.36. The number of nitrogens with zero attached hydrogens (tertiary/aromatic N) is 1. The smallest absolute Gasteiger partial charge is 0.0465 e. The van der Waals surface area contributed by atoms with Crippen LogP contribution in [-0.4, -0.2) is 0 Å². The summed E-state index contributed by atoms with van der Waals surface area (Å²) in [7, 11) is 0. The van der Waals surface area contributed by atoms with E-state index < -0.39 is 0 Å². The number of aryl methyl sites for hydroxylation is 1. The monoisotopic (exact) mass is 671 g/mol. The molecule has 1 heteroatoms. The molecule has 0 heterocycles. The normalized spacial score (nSPS) is 12.8. The van der Waals surface area contributed by atoms with Gasteiger partial charge in [-0.15, -0.1) is 0 Å². The molecule has 0 amide bonds. The average Bonchev–Trinajstić information content (AvgIpc) is 3.48. The first-order valence-electron chi connectivity index (χ1n) is 18.6. The molecule has 1 aliphatic rings. The predicted molar refractivity (Wildman–Crippen MR) is 224 cm³/mol. The van der Waals surface area contributed by atoms with Crippen molar-refractivity contribution in [3.05, 3.63) is 197 Å². The maximum atomic E-state index is 2.46. The van der Waals surface area contributed by atoms with E-state index in [1.54, 1.807) is 0 Å². The summed E-state index contributed by atoms with van der Waals surface area (Å²) in [5.74, 6) is 0. The maximum absolute atomic E-state index is 2.46. The van der Waals surface area contributed by atoms with E-state index in [-0.39, 0.29) is 5.41 Å². The first-order chi connectivity index (χ1) is 25.5. The minimum Gasteiger partial charge on any atom is -0.310 e. The van der Waals surface area contributed by atoms with Crippen molar-refractivity contribution in [1.82, 2.24) is 0 Å². The van der Waals surface area contributed by atoms with Crippen molar-refractivity contribution in [2.24, 2.45) is 0 Å². The van der Waals surface area contributed by atoms with Gasteiger partial charge in [-0.1, -0.05) is 153 Å². The molecule has 0 radical (unpaired) electrons. The second kappa shape index (κ2) is 14.0. The third-order valence-electron chi connectivity index (χ3n) is 11.4. The highest BCUT2D eigenvalue weighted by molar-refractivity contribution is 5.89.